The lowest BCUT2D eigenvalue weighted by Crippen LogP contribution is -2.17. The molecule has 0 fully saturated rings. The number of alkyl halides is 3. The molecule has 28 heavy (non-hydrogen) atoms. The zero-order valence-corrected chi connectivity index (χ0v) is 14.9. The summed E-state index contributed by atoms with van der Waals surface area (Å²) in [7, 11) is 0. The van der Waals surface area contributed by atoms with Crippen molar-refractivity contribution in [3.8, 4) is 0 Å². The Morgan fingerprint density at radius 2 is 1.57 bits per heavy atom. The van der Waals surface area contributed by atoms with Gasteiger partial charge >= 0.3 is 6.18 Å². The van der Waals surface area contributed by atoms with Gasteiger partial charge in [0.1, 0.15) is 0 Å². The third-order valence-electron chi connectivity index (χ3n) is 4.38. The number of anilines is 2. The smallest absolute Gasteiger partial charge is 0.399 e. The Kier molecular flexibility index (Phi) is 5.68. The Morgan fingerprint density at radius 3 is 2.25 bits per heavy atom. The first-order valence-electron chi connectivity index (χ1n) is 8.70. The van der Waals surface area contributed by atoms with Crippen LogP contribution in [0.15, 0.2) is 78.9 Å². The van der Waals surface area contributed by atoms with Crippen LogP contribution in [-0.4, -0.2) is 5.91 Å². The number of nitrogen functional groups attached to an aromatic ring is 1. The van der Waals surface area contributed by atoms with Crippen LogP contribution in [0.25, 0.3) is 0 Å². The SMILES string of the molecule is Nc1cccc(C(CC(=O)Nc2cccc(C(F)(F)F)c2)c2ccccc2)c1. The molecule has 0 saturated heterocycles. The third-order valence-corrected chi connectivity index (χ3v) is 4.38. The van der Waals surface area contributed by atoms with Gasteiger partial charge in [-0.25, -0.2) is 0 Å². The second kappa shape index (κ2) is 8.17. The number of halogens is 3. The molecular weight excluding hydrogens is 365 g/mol. The number of carbonyl (C=O) groups excluding carboxylic acids is 1. The first-order chi connectivity index (χ1) is 13.3. The zero-order valence-electron chi connectivity index (χ0n) is 14.9. The van der Waals surface area contributed by atoms with Gasteiger partial charge in [-0.2, -0.15) is 13.2 Å². The number of hydrogen-bond acceptors (Lipinski definition) is 2. The molecule has 3 N–H and O–H groups in total. The highest BCUT2D eigenvalue weighted by Gasteiger charge is 2.30. The first-order valence-corrected chi connectivity index (χ1v) is 8.70. The van der Waals surface area contributed by atoms with E-state index < -0.39 is 11.7 Å². The molecule has 0 bridgehead atoms. The van der Waals surface area contributed by atoms with Gasteiger partial charge in [0, 0.05) is 23.7 Å². The summed E-state index contributed by atoms with van der Waals surface area (Å²) in [6, 6.07) is 21.3. The van der Waals surface area contributed by atoms with Crippen LogP contribution in [0.2, 0.25) is 0 Å². The van der Waals surface area contributed by atoms with Gasteiger partial charge in [-0.15, -0.1) is 0 Å². The average Bonchev–Trinajstić information content (AvgIpc) is 2.66. The van der Waals surface area contributed by atoms with E-state index in [1.807, 2.05) is 42.5 Å². The molecule has 0 radical (unpaired) electrons. The van der Waals surface area contributed by atoms with Gasteiger partial charge in [0.15, 0.2) is 0 Å². The van der Waals surface area contributed by atoms with Crippen molar-refractivity contribution < 1.29 is 18.0 Å². The molecule has 3 aromatic rings. The standard InChI is InChI=1S/C22H19F3N2O/c23-22(24,25)17-9-5-11-19(13-17)27-21(28)14-20(15-6-2-1-3-7-15)16-8-4-10-18(26)12-16/h1-13,20H,14,26H2,(H,27,28). The quantitative estimate of drug-likeness (QED) is 0.575. The molecule has 0 spiro atoms. The maximum Gasteiger partial charge on any atom is 0.416 e. The average molecular weight is 384 g/mol. The Morgan fingerprint density at radius 1 is 0.893 bits per heavy atom. The highest BCUT2D eigenvalue weighted by molar-refractivity contribution is 5.91. The number of nitrogens with one attached hydrogen (secondary N) is 1. The monoisotopic (exact) mass is 384 g/mol. The summed E-state index contributed by atoms with van der Waals surface area (Å²) in [4.78, 5) is 12.6. The Labute approximate surface area is 161 Å². The number of nitrogens with two attached hydrogens (primary N) is 1. The molecule has 144 valence electrons. The number of rotatable bonds is 5. The molecule has 1 unspecified atom stereocenters. The summed E-state index contributed by atoms with van der Waals surface area (Å²) in [5.41, 5.74) is 7.55. The molecule has 3 nitrogen and oxygen atoms in total. The van der Waals surface area contributed by atoms with Crippen LogP contribution in [0.5, 0.6) is 0 Å². The maximum atomic E-state index is 12.9. The van der Waals surface area contributed by atoms with Gasteiger partial charge in [-0.1, -0.05) is 48.5 Å². The van der Waals surface area contributed by atoms with E-state index in [2.05, 4.69) is 5.32 Å². The van der Waals surface area contributed by atoms with Crippen LogP contribution in [0.4, 0.5) is 24.5 Å². The molecule has 0 heterocycles. The number of benzene rings is 3. The van der Waals surface area contributed by atoms with Gasteiger partial charge < -0.3 is 11.1 Å². The lowest BCUT2D eigenvalue weighted by molar-refractivity contribution is -0.137. The second-order valence-corrected chi connectivity index (χ2v) is 6.46. The summed E-state index contributed by atoms with van der Waals surface area (Å²) < 4.78 is 38.6. The number of hydrogen-bond donors (Lipinski definition) is 2. The van der Waals surface area contributed by atoms with E-state index in [1.165, 1.54) is 12.1 Å². The van der Waals surface area contributed by atoms with E-state index in [4.69, 9.17) is 5.73 Å². The van der Waals surface area contributed by atoms with Crippen molar-refractivity contribution in [2.75, 3.05) is 11.1 Å². The van der Waals surface area contributed by atoms with Crippen LogP contribution in [-0.2, 0) is 11.0 Å². The molecular formula is C22H19F3N2O. The maximum absolute atomic E-state index is 12.9. The Hall–Kier alpha value is -3.28. The molecule has 6 heteroatoms. The fourth-order valence-electron chi connectivity index (χ4n) is 3.06. The molecule has 1 amide bonds. The van der Waals surface area contributed by atoms with Crippen LogP contribution in [0.1, 0.15) is 29.0 Å². The number of amides is 1. The van der Waals surface area contributed by atoms with Crippen LogP contribution < -0.4 is 11.1 Å². The van der Waals surface area contributed by atoms with E-state index >= 15 is 0 Å². The van der Waals surface area contributed by atoms with Crippen molar-refractivity contribution in [1.29, 1.82) is 0 Å². The predicted octanol–water partition coefficient (Wildman–Crippen LogP) is 5.45. The van der Waals surface area contributed by atoms with Crippen LogP contribution in [0.3, 0.4) is 0 Å². The van der Waals surface area contributed by atoms with E-state index in [0.717, 1.165) is 23.3 Å². The fourth-order valence-corrected chi connectivity index (χ4v) is 3.06. The molecule has 3 rings (SSSR count). The topological polar surface area (TPSA) is 55.1 Å². The molecule has 3 aromatic carbocycles. The van der Waals surface area contributed by atoms with Gasteiger partial charge in [-0.3, -0.25) is 4.79 Å². The lowest BCUT2D eigenvalue weighted by Gasteiger charge is -2.18. The van der Waals surface area contributed by atoms with Gasteiger partial charge in [-0.05, 0) is 41.5 Å². The summed E-state index contributed by atoms with van der Waals surface area (Å²) >= 11 is 0. The second-order valence-electron chi connectivity index (χ2n) is 6.46. The third kappa shape index (κ3) is 4.91. The molecule has 0 saturated carbocycles. The highest BCUT2D eigenvalue weighted by Crippen LogP contribution is 2.32. The normalized spacial score (nSPS) is 12.4. The van der Waals surface area contributed by atoms with E-state index in [1.54, 1.807) is 12.1 Å². The fraction of sp³-hybridized carbons (Fsp3) is 0.136. The van der Waals surface area contributed by atoms with Crippen molar-refractivity contribution in [2.45, 2.75) is 18.5 Å². The lowest BCUT2D eigenvalue weighted by atomic mass is 9.88. The highest BCUT2D eigenvalue weighted by atomic mass is 19.4. The van der Waals surface area contributed by atoms with Crippen molar-refractivity contribution in [3.63, 3.8) is 0 Å². The van der Waals surface area contributed by atoms with Crippen molar-refractivity contribution in [1.82, 2.24) is 0 Å². The molecule has 0 aliphatic heterocycles. The van der Waals surface area contributed by atoms with E-state index in [9.17, 15) is 18.0 Å². The van der Waals surface area contributed by atoms with Crippen molar-refractivity contribution >= 4 is 17.3 Å². The minimum atomic E-state index is -4.46. The molecule has 0 aliphatic rings. The van der Waals surface area contributed by atoms with Gasteiger partial charge in [0.25, 0.3) is 0 Å². The van der Waals surface area contributed by atoms with Crippen LogP contribution >= 0.6 is 0 Å². The Balaban J connectivity index is 1.82. The predicted molar refractivity (Wildman–Crippen MR) is 104 cm³/mol. The molecule has 0 aliphatic carbocycles. The molecule has 0 aromatic heterocycles. The summed E-state index contributed by atoms with van der Waals surface area (Å²) in [5, 5.41) is 2.57. The first kappa shape index (κ1) is 19.5. The van der Waals surface area contributed by atoms with E-state index in [-0.39, 0.29) is 23.9 Å². The summed E-state index contributed by atoms with van der Waals surface area (Å²) in [6.07, 6.45) is -4.39. The van der Waals surface area contributed by atoms with Crippen molar-refractivity contribution in [3.05, 3.63) is 95.6 Å². The minimum Gasteiger partial charge on any atom is -0.399 e. The van der Waals surface area contributed by atoms with Gasteiger partial charge in [0.05, 0.1) is 5.56 Å². The Bertz CT molecular complexity index is 955. The van der Waals surface area contributed by atoms with Crippen LogP contribution in [0, 0.1) is 0 Å². The van der Waals surface area contributed by atoms with E-state index in [0.29, 0.717) is 5.69 Å². The molecule has 1 atom stereocenters. The van der Waals surface area contributed by atoms with Gasteiger partial charge in [0.2, 0.25) is 5.91 Å². The zero-order chi connectivity index (χ0) is 20.1. The number of carbonyl (C=O) groups is 1. The summed E-state index contributed by atoms with van der Waals surface area (Å²) in [5.74, 6) is -0.647. The minimum absolute atomic E-state index is 0.0731. The summed E-state index contributed by atoms with van der Waals surface area (Å²) in [6.45, 7) is 0. The largest absolute Gasteiger partial charge is 0.416 e. The van der Waals surface area contributed by atoms with Crippen molar-refractivity contribution in [2.24, 2.45) is 0 Å².